The molecule has 0 radical (unpaired) electrons. The van der Waals surface area contributed by atoms with Crippen LogP contribution >= 0.6 is 0 Å². The Bertz CT molecular complexity index is 804. The van der Waals surface area contributed by atoms with Crippen molar-refractivity contribution in [1.82, 2.24) is 5.32 Å². The molecule has 0 saturated heterocycles. The van der Waals surface area contributed by atoms with Crippen LogP contribution in [0.5, 0.6) is 11.5 Å². The van der Waals surface area contributed by atoms with Crippen molar-refractivity contribution in [3.8, 4) is 11.5 Å². The highest BCUT2D eigenvalue weighted by Gasteiger charge is 2.12. The Labute approximate surface area is 156 Å². The average molecular weight is 372 g/mol. The van der Waals surface area contributed by atoms with E-state index in [4.69, 9.17) is 14.2 Å². The minimum absolute atomic E-state index is 0.354. The molecule has 2 amide bonds. The molecule has 2 N–H and O–H groups in total. The van der Waals surface area contributed by atoms with Gasteiger partial charge in [-0.2, -0.15) is 0 Å². The summed E-state index contributed by atoms with van der Waals surface area (Å²) in [5, 5.41) is 5.00. The molecule has 0 bridgehead atoms. The number of rotatable bonds is 8. The number of carbonyl (C=O) groups excluding carboxylic acids is 3. The lowest BCUT2D eigenvalue weighted by atomic mass is 10.2. The molecule has 8 nitrogen and oxygen atoms in total. The summed E-state index contributed by atoms with van der Waals surface area (Å²) >= 11 is 0. The lowest BCUT2D eigenvalue weighted by Crippen LogP contribution is -2.32. The number of ether oxygens (including phenoxy) is 3. The molecule has 2 aromatic carbocycles. The third kappa shape index (κ3) is 6.03. The van der Waals surface area contributed by atoms with E-state index in [0.717, 1.165) is 0 Å². The maximum absolute atomic E-state index is 11.9. The standard InChI is InChI=1S/C19H20N2O6/c1-25-14-9-7-13(8-10-14)19(24)20-11-18(23)27-12-17(22)21-15-5-3-4-6-16(15)26-2/h3-10H,11-12H2,1-2H3,(H,20,24)(H,21,22). The number of nitrogens with one attached hydrogen (secondary N) is 2. The summed E-state index contributed by atoms with van der Waals surface area (Å²) in [5.41, 5.74) is 0.839. The van der Waals surface area contributed by atoms with E-state index in [1.54, 1.807) is 48.5 Å². The highest BCUT2D eigenvalue weighted by Crippen LogP contribution is 2.22. The number of hydrogen-bond acceptors (Lipinski definition) is 6. The lowest BCUT2D eigenvalue weighted by Gasteiger charge is -2.10. The van der Waals surface area contributed by atoms with Crippen LogP contribution in [0.25, 0.3) is 0 Å². The SMILES string of the molecule is COc1ccc(C(=O)NCC(=O)OCC(=O)Nc2ccccc2OC)cc1. The zero-order chi connectivity index (χ0) is 19.6. The highest BCUT2D eigenvalue weighted by molar-refractivity contribution is 5.97. The van der Waals surface area contributed by atoms with Crippen molar-refractivity contribution in [3.63, 3.8) is 0 Å². The van der Waals surface area contributed by atoms with Gasteiger partial charge in [-0.1, -0.05) is 12.1 Å². The first-order valence-corrected chi connectivity index (χ1v) is 8.04. The van der Waals surface area contributed by atoms with Gasteiger partial charge in [0.15, 0.2) is 6.61 Å². The van der Waals surface area contributed by atoms with Gasteiger partial charge >= 0.3 is 5.97 Å². The van der Waals surface area contributed by atoms with Crippen molar-refractivity contribution in [1.29, 1.82) is 0 Å². The smallest absolute Gasteiger partial charge is 0.325 e. The van der Waals surface area contributed by atoms with E-state index in [1.165, 1.54) is 14.2 Å². The fourth-order valence-corrected chi connectivity index (χ4v) is 2.13. The van der Waals surface area contributed by atoms with E-state index in [1.807, 2.05) is 0 Å². The maximum atomic E-state index is 11.9. The third-order valence-corrected chi connectivity index (χ3v) is 3.49. The van der Waals surface area contributed by atoms with Crippen molar-refractivity contribution in [2.45, 2.75) is 0 Å². The van der Waals surface area contributed by atoms with Gasteiger partial charge in [0, 0.05) is 5.56 Å². The zero-order valence-electron chi connectivity index (χ0n) is 15.0. The number of methoxy groups -OCH3 is 2. The van der Waals surface area contributed by atoms with Gasteiger partial charge in [0.05, 0.1) is 19.9 Å². The van der Waals surface area contributed by atoms with Crippen molar-refractivity contribution in [3.05, 3.63) is 54.1 Å². The summed E-state index contributed by atoms with van der Waals surface area (Å²) in [7, 11) is 3.01. The summed E-state index contributed by atoms with van der Waals surface area (Å²) < 4.78 is 15.0. The lowest BCUT2D eigenvalue weighted by molar-refractivity contribution is -0.146. The number of hydrogen-bond donors (Lipinski definition) is 2. The van der Waals surface area contributed by atoms with E-state index < -0.39 is 24.4 Å². The second kappa shape index (κ2) is 9.81. The molecular weight excluding hydrogens is 352 g/mol. The summed E-state index contributed by atoms with van der Waals surface area (Å²) in [6.07, 6.45) is 0. The molecule has 0 heterocycles. The molecule has 8 heteroatoms. The first-order valence-electron chi connectivity index (χ1n) is 8.04. The molecule has 0 aromatic heterocycles. The van der Waals surface area contributed by atoms with E-state index in [0.29, 0.717) is 22.7 Å². The average Bonchev–Trinajstić information content (AvgIpc) is 2.71. The van der Waals surface area contributed by atoms with Crippen LogP contribution in [0.2, 0.25) is 0 Å². The van der Waals surface area contributed by atoms with Crippen LogP contribution in [0.1, 0.15) is 10.4 Å². The van der Waals surface area contributed by atoms with Gasteiger partial charge in [0.2, 0.25) is 0 Å². The molecule has 0 aliphatic rings. The number of amides is 2. The first-order chi connectivity index (χ1) is 13.0. The Morgan fingerprint density at radius 1 is 0.926 bits per heavy atom. The van der Waals surface area contributed by atoms with E-state index in [9.17, 15) is 14.4 Å². The number of carbonyl (C=O) groups is 3. The quantitative estimate of drug-likeness (QED) is 0.683. The van der Waals surface area contributed by atoms with Gasteiger partial charge in [-0.3, -0.25) is 14.4 Å². The van der Waals surface area contributed by atoms with Gasteiger partial charge in [0.1, 0.15) is 18.0 Å². The van der Waals surface area contributed by atoms with Crippen LogP contribution in [0.15, 0.2) is 48.5 Å². The van der Waals surface area contributed by atoms with Crippen LogP contribution in [-0.2, 0) is 14.3 Å². The summed E-state index contributed by atoms with van der Waals surface area (Å²) in [6, 6.07) is 13.3. The molecule has 2 rings (SSSR count). The molecule has 0 unspecified atom stereocenters. The Kier molecular flexibility index (Phi) is 7.18. The Morgan fingerprint density at radius 2 is 1.63 bits per heavy atom. The predicted octanol–water partition coefficient (Wildman–Crippen LogP) is 1.62. The molecular formula is C19H20N2O6. The molecule has 0 atom stereocenters. The molecule has 0 fully saturated rings. The molecule has 0 aliphatic carbocycles. The maximum Gasteiger partial charge on any atom is 0.325 e. The number of para-hydroxylation sites is 2. The van der Waals surface area contributed by atoms with Crippen molar-refractivity contribution < 1.29 is 28.6 Å². The van der Waals surface area contributed by atoms with Crippen LogP contribution in [0.3, 0.4) is 0 Å². The van der Waals surface area contributed by atoms with Gasteiger partial charge in [-0.05, 0) is 36.4 Å². The molecule has 27 heavy (non-hydrogen) atoms. The van der Waals surface area contributed by atoms with Crippen molar-refractivity contribution in [2.75, 3.05) is 32.7 Å². The van der Waals surface area contributed by atoms with Crippen molar-refractivity contribution >= 4 is 23.5 Å². The number of esters is 1. The number of benzene rings is 2. The minimum Gasteiger partial charge on any atom is -0.497 e. The topological polar surface area (TPSA) is 103 Å². The van der Waals surface area contributed by atoms with Gasteiger partial charge in [-0.25, -0.2) is 0 Å². The first kappa shape index (κ1) is 19.8. The monoisotopic (exact) mass is 372 g/mol. The van der Waals surface area contributed by atoms with E-state index in [-0.39, 0.29) is 6.54 Å². The van der Waals surface area contributed by atoms with Crippen molar-refractivity contribution in [2.24, 2.45) is 0 Å². The van der Waals surface area contributed by atoms with Crippen LogP contribution in [-0.4, -0.2) is 45.2 Å². The Balaban J connectivity index is 1.75. The highest BCUT2D eigenvalue weighted by atomic mass is 16.5. The van der Waals surface area contributed by atoms with Gasteiger partial charge < -0.3 is 24.8 Å². The molecule has 142 valence electrons. The Hall–Kier alpha value is -3.55. The summed E-state index contributed by atoms with van der Waals surface area (Å²) in [6.45, 7) is -0.831. The van der Waals surface area contributed by atoms with Crippen LogP contribution < -0.4 is 20.1 Å². The minimum atomic E-state index is -0.730. The van der Waals surface area contributed by atoms with E-state index in [2.05, 4.69) is 10.6 Å². The summed E-state index contributed by atoms with van der Waals surface area (Å²) in [4.78, 5) is 35.5. The second-order valence-corrected chi connectivity index (χ2v) is 5.32. The van der Waals surface area contributed by atoms with Crippen LogP contribution in [0, 0.1) is 0 Å². The summed E-state index contributed by atoms with van der Waals surface area (Å²) in [5.74, 6) is -0.578. The fourth-order valence-electron chi connectivity index (χ4n) is 2.13. The molecule has 0 aliphatic heterocycles. The molecule has 2 aromatic rings. The number of anilines is 1. The molecule has 0 spiro atoms. The normalized spacial score (nSPS) is 9.85. The van der Waals surface area contributed by atoms with Crippen LogP contribution in [0.4, 0.5) is 5.69 Å². The van der Waals surface area contributed by atoms with E-state index >= 15 is 0 Å². The Morgan fingerprint density at radius 3 is 2.30 bits per heavy atom. The van der Waals surface area contributed by atoms with Gasteiger partial charge in [0.25, 0.3) is 11.8 Å². The zero-order valence-corrected chi connectivity index (χ0v) is 15.0. The van der Waals surface area contributed by atoms with Gasteiger partial charge in [-0.15, -0.1) is 0 Å². The second-order valence-electron chi connectivity index (χ2n) is 5.32. The third-order valence-electron chi connectivity index (χ3n) is 3.49. The predicted molar refractivity (Wildman–Crippen MR) is 97.9 cm³/mol. The molecule has 0 saturated carbocycles. The fraction of sp³-hybridized carbons (Fsp3) is 0.211. The largest absolute Gasteiger partial charge is 0.497 e.